The lowest BCUT2D eigenvalue weighted by atomic mass is 9.62. The van der Waals surface area contributed by atoms with Gasteiger partial charge in [-0.15, -0.1) is 0 Å². The highest BCUT2D eigenvalue weighted by Crippen LogP contribution is 2.69. The van der Waals surface area contributed by atoms with E-state index in [9.17, 15) is 17.6 Å². The third-order valence-electron chi connectivity index (χ3n) is 2.68. The van der Waals surface area contributed by atoms with Gasteiger partial charge in [0.05, 0.1) is 13.2 Å². The first-order valence-electron chi connectivity index (χ1n) is 4.91. The van der Waals surface area contributed by atoms with Gasteiger partial charge in [-0.3, -0.25) is 0 Å². The second kappa shape index (κ2) is 3.15. The van der Waals surface area contributed by atoms with Crippen molar-refractivity contribution >= 4 is 0 Å². The van der Waals surface area contributed by atoms with E-state index in [1.165, 1.54) is 13.8 Å². The van der Waals surface area contributed by atoms with E-state index in [2.05, 4.69) is 0 Å². The van der Waals surface area contributed by atoms with Gasteiger partial charge in [0.25, 0.3) is 11.3 Å². The Hall–Kier alpha value is -1.20. The van der Waals surface area contributed by atoms with Gasteiger partial charge >= 0.3 is 0 Å². The maximum Gasteiger partial charge on any atom is 0.272 e. The Morgan fingerprint density at radius 1 is 0.875 bits per heavy atom. The summed E-state index contributed by atoms with van der Waals surface area (Å²) >= 11 is 0. The van der Waals surface area contributed by atoms with E-state index in [-0.39, 0.29) is 13.2 Å². The average Bonchev–Trinajstić information content (AvgIpc) is 2.30. The molecule has 0 saturated carbocycles. The molecule has 16 heavy (non-hydrogen) atoms. The van der Waals surface area contributed by atoms with Crippen molar-refractivity contribution in [3.63, 3.8) is 0 Å². The molecule has 0 aromatic carbocycles. The fourth-order valence-corrected chi connectivity index (χ4v) is 1.92. The molecule has 0 aromatic heterocycles. The van der Waals surface area contributed by atoms with Gasteiger partial charge < -0.3 is 9.47 Å². The summed E-state index contributed by atoms with van der Waals surface area (Å²) in [6, 6.07) is 0. The molecule has 2 rings (SSSR count). The van der Waals surface area contributed by atoms with Gasteiger partial charge in [0, 0.05) is 0 Å². The summed E-state index contributed by atoms with van der Waals surface area (Å²) in [5, 5.41) is 0. The highest BCUT2D eigenvalue weighted by atomic mass is 19.2. The van der Waals surface area contributed by atoms with Crippen LogP contribution in [0.15, 0.2) is 23.2 Å². The summed E-state index contributed by atoms with van der Waals surface area (Å²) in [5.74, 6) is -4.72. The van der Waals surface area contributed by atoms with Gasteiger partial charge in [-0.25, -0.2) is 17.6 Å². The maximum atomic E-state index is 13.8. The minimum Gasteiger partial charge on any atom is -0.491 e. The van der Waals surface area contributed by atoms with Gasteiger partial charge in [-0.2, -0.15) is 0 Å². The normalized spacial score (nSPS) is 36.6. The van der Waals surface area contributed by atoms with Crippen LogP contribution >= 0.6 is 0 Å². The van der Waals surface area contributed by atoms with Crippen LogP contribution in [0.3, 0.4) is 0 Å². The molecular weight excluding hydrogens is 228 g/mol. The van der Waals surface area contributed by atoms with Crippen LogP contribution in [0.25, 0.3) is 0 Å². The molecular formula is C10H10F4O2. The minimum atomic E-state index is -3.13. The first-order valence-corrected chi connectivity index (χ1v) is 4.91. The van der Waals surface area contributed by atoms with Crippen LogP contribution in [0.4, 0.5) is 17.6 Å². The Labute approximate surface area is 89.5 Å². The van der Waals surface area contributed by atoms with Crippen LogP contribution in [-0.4, -0.2) is 24.6 Å². The monoisotopic (exact) mass is 238 g/mol. The maximum absolute atomic E-state index is 13.8. The van der Waals surface area contributed by atoms with E-state index in [1.807, 2.05) is 0 Å². The van der Waals surface area contributed by atoms with E-state index >= 15 is 0 Å². The second-order valence-electron chi connectivity index (χ2n) is 3.47. The number of allylic oxidation sites excluding steroid dienone is 2. The molecule has 0 spiro atoms. The highest BCUT2D eigenvalue weighted by molar-refractivity contribution is 5.64. The molecule has 0 saturated heterocycles. The largest absolute Gasteiger partial charge is 0.491 e. The zero-order chi connectivity index (χ0) is 12.1. The van der Waals surface area contributed by atoms with E-state index in [4.69, 9.17) is 9.47 Å². The first-order chi connectivity index (χ1) is 7.46. The molecule has 2 unspecified atom stereocenters. The third kappa shape index (κ3) is 0.850. The molecule has 0 heterocycles. The fourth-order valence-electron chi connectivity index (χ4n) is 1.92. The van der Waals surface area contributed by atoms with Gasteiger partial charge in [-0.1, -0.05) is 0 Å². The molecule has 2 atom stereocenters. The summed E-state index contributed by atoms with van der Waals surface area (Å²) < 4.78 is 63.1. The Balaban J connectivity index is 2.42. The Kier molecular flexibility index (Phi) is 2.22. The molecule has 2 aliphatic carbocycles. The molecule has 90 valence electrons. The third-order valence-corrected chi connectivity index (χ3v) is 2.68. The number of alkyl halides is 2. The van der Waals surface area contributed by atoms with Gasteiger partial charge in [0.1, 0.15) is 0 Å². The topological polar surface area (TPSA) is 18.5 Å². The summed E-state index contributed by atoms with van der Waals surface area (Å²) in [6.07, 6.45) is 0. The van der Waals surface area contributed by atoms with E-state index < -0.39 is 34.5 Å². The SMILES string of the molecule is CCOC1=C(OCC)C2(F)C(F)=C(F)C12F. The number of halogens is 4. The lowest BCUT2D eigenvalue weighted by Crippen LogP contribution is -2.68. The molecule has 2 aliphatic rings. The van der Waals surface area contributed by atoms with Crippen LogP contribution in [0, 0.1) is 0 Å². The molecule has 0 aromatic rings. The zero-order valence-corrected chi connectivity index (χ0v) is 8.74. The minimum absolute atomic E-state index is 0.0164. The summed E-state index contributed by atoms with van der Waals surface area (Å²) in [4.78, 5) is 0. The molecule has 0 radical (unpaired) electrons. The van der Waals surface area contributed by atoms with Crippen molar-refractivity contribution in [1.82, 2.24) is 0 Å². The number of ether oxygens (including phenoxy) is 2. The predicted octanol–water partition coefficient (Wildman–Crippen LogP) is 2.87. The van der Waals surface area contributed by atoms with Crippen molar-refractivity contribution in [2.45, 2.75) is 25.2 Å². The molecule has 0 bridgehead atoms. The van der Waals surface area contributed by atoms with E-state index in [0.717, 1.165) is 0 Å². The molecule has 0 fully saturated rings. The smallest absolute Gasteiger partial charge is 0.272 e. The zero-order valence-electron chi connectivity index (χ0n) is 8.74. The lowest BCUT2D eigenvalue weighted by molar-refractivity contribution is -0.129. The molecule has 0 N–H and O–H groups in total. The van der Waals surface area contributed by atoms with Gasteiger partial charge in [-0.05, 0) is 13.8 Å². The van der Waals surface area contributed by atoms with Crippen LogP contribution < -0.4 is 0 Å². The summed E-state index contributed by atoms with van der Waals surface area (Å²) in [6.45, 7) is 3.08. The Bertz CT molecular complexity index is 368. The van der Waals surface area contributed by atoms with Crippen molar-refractivity contribution in [2.24, 2.45) is 0 Å². The first kappa shape index (κ1) is 11.3. The number of fused-ring (bicyclic) bond motifs is 1. The average molecular weight is 238 g/mol. The van der Waals surface area contributed by atoms with Crippen molar-refractivity contribution in [3.8, 4) is 0 Å². The van der Waals surface area contributed by atoms with E-state index in [1.54, 1.807) is 0 Å². The van der Waals surface area contributed by atoms with E-state index in [0.29, 0.717) is 0 Å². The molecule has 2 nitrogen and oxygen atoms in total. The van der Waals surface area contributed by atoms with Crippen molar-refractivity contribution in [1.29, 1.82) is 0 Å². The molecule has 0 aliphatic heterocycles. The van der Waals surface area contributed by atoms with Crippen LogP contribution in [0.2, 0.25) is 0 Å². The number of hydrogen-bond donors (Lipinski definition) is 0. The van der Waals surface area contributed by atoms with Crippen molar-refractivity contribution in [3.05, 3.63) is 23.2 Å². The highest BCUT2D eigenvalue weighted by Gasteiger charge is 2.85. The number of hydrogen-bond acceptors (Lipinski definition) is 2. The summed E-state index contributed by atoms with van der Waals surface area (Å²) in [5.41, 5.74) is -6.25. The van der Waals surface area contributed by atoms with Gasteiger partial charge in [0.15, 0.2) is 23.2 Å². The van der Waals surface area contributed by atoms with Crippen LogP contribution in [0.1, 0.15) is 13.8 Å². The Morgan fingerprint density at radius 3 is 1.44 bits per heavy atom. The Morgan fingerprint density at radius 2 is 1.19 bits per heavy atom. The van der Waals surface area contributed by atoms with Crippen LogP contribution in [-0.2, 0) is 9.47 Å². The molecule has 0 amide bonds. The summed E-state index contributed by atoms with van der Waals surface area (Å²) in [7, 11) is 0. The standard InChI is InChI=1S/C10H10F4O2/c1-3-15-7-8(16-4-2)10(14)6(12)5(11)9(7,10)13/h3-4H2,1-2H3. The number of rotatable bonds is 4. The fraction of sp³-hybridized carbons (Fsp3) is 0.600. The van der Waals surface area contributed by atoms with Gasteiger partial charge in [0.2, 0.25) is 0 Å². The van der Waals surface area contributed by atoms with Crippen molar-refractivity contribution in [2.75, 3.05) is 13.2 Å². The van der Waals surface area contributed by atoms with Crippen LogP contribution in [0.5, 0.6) is 0 Å². The quantitative estimate of drug-likeness (QED) is 0.701. The predicted molar refractivity (Wildman–Crippen MR) is 47.2 cm³/mol. The molecule has 6 heteroatoms. The van der Waals surface area contributed by atoms with Crippen molar-refractivity contribution < 1.29 is 27.0 Å². The lowest BCUT2D eigenvalue weighted by Gasteiger charge is -2.52. The second-order valence-corrected chi connectivity index (χ2v) is 3.47.